The highest BCUT2D eigenvalue weighted by Gasteiger charge is 2.38. The summed E-state index contributed by atoms with van der Waals surface area (Å²) < 4.78 is 5.35. The Morgan fingerprint density at radius 2 is 1.61 bits per heavy atom. The third-order valence-corrected chi connectivity index (χ3v) is 3.15. The van der Waals surface area contributed by atoms with Gasteiger partial charge in [0.05, 0.1) is 5.92 Å². The number of nitrogens with zero attached hydrogens (tertiary/aromatic N) is 1. The Morgan fingerprint density at radius 3 is 1.94 bits per heavy atom. The molecule has 2 unspecified atom stereocenters. The average molecular weight is 257 g/mol. The van der Waals surface area contributed by atoms with Gasteiger partial charge in [0.2, 0.25) is 0 Å². The minimum Gasteiger partial charge on any atom is -0.481 e. The lowest BCUT2D eigenvalue weighted by atomic mass is 9.87. The minimum absolute atomic E-state index is 0.107. The molecule has 0 spiro atoms. The zero-order valence-electron chi connectivity index (χ0n) is 11.8. The fourth-order valence-electron chi connectivity index (χ4n) is 2.46. The summed E-state index contributed by atoms with van der Waals surface area (Å²) in [4.78, 5) is 24.7. The maximum Gasteiger partial charge on any atom is 0.410 e. The first-order valence-electron chi connectivity index (χ1n) is 6.36. The molecule has 1 heterocycles. The normalized spacial score (nSPS) is 28.9. The number of aliphatic carboxylic acids is 1. The molecule has 2 atom stereocenters. The monoisotopic (exact) mass is 257 g/mol. The van der Waals surface area contributed by atoms with Crippen molar-refractivity contribution >= 4 is 12.1 Å². The molecule has 0 aromatic heterocycles. The van der Waals surface area contributed by atoms with E-state index in [9.17, 15) is 9.59 Å². The number of hydrogen-bond donors (Lipinski definition) is 1. The lowest BCUT2D eigenvalue weighted by molar-refractivity contribution is -0.144. The van der Waals surface area contributed by atoms with E-state index in [2.05, 4.69) is 0 Å². The van der Waals surface area contributed by atoms with Crippen LogP contribution in [-0.2, 0) is 9.53 Å². The number of carbonyl (C=O) groups excluding carboxylic acids is 1. The van der Waals surface area contributed by atoms with E-state index in [1.165, 1.54) is 0 Å². The van der Waals surface area contributed by atoms with Gasteiger partial charge in [0.25, 0.3) is 0 Å². The van der Waals surface area contributed by atoms with Gasteiger partial charge < -0.3 is 14.7 Å². The Hall–Kier alpha value is -1.26. The van der Waals surface area contributed by atoms with E-state index in [0.717, 1.165) is 0 Å². The number of rotatable bonds is 1. The number of carbonyl (C=O) groups is 2. The van der Waals surface area contributed by atoms with Crippen LogP contribution in [0.4, 0.5) is 4.79 Å². The maximum atomic E-state index is 12.1. The van der Waals surface area contributed by atoms with E-state index in [-0.39, 0.29) is 24.1 Å². The topological polar surface area (TPSA) is 66.8 Å². The van der Waals surface area contributed by atoms with Crippen LogP contribution in [0.1, 0.15) is 47.5 Å². The molecule has 0 bridgehead atoms. The molecule has 1 aliphatic rings. The summed E-state index contributed by atoms with van der Waals surface area (Å²) in [5.74, 6) is -1.15. The molecule has 1 fully saturated rings. The van der Waals surface area contributed by atoms with Gasteiger partial charge in [-0.1, -0.05) is 0 Å². The summed E-state index contributed by atoms with van der Waals surface area (Å²) in [5.41, 5.74) is -0.528. The number of carboxylic acid groups (broad SMARTS) is 1. The standard InChI is InChI=1S/C13H23NO4/c1-8-6-10(11(15)16)7-9(2)14(8)12(17)18-13(3,4)5/h8-10H,6-7H2,1-5H3,(H,15,16). The molecule has 5 nitrogen and oxygen atoms in total. The summed E-state index contributed by atoms with van der Waals surface area (Å²) in [5, 5.41) is 9.05. The van der Waals surface area contributed by atoms with Crippen molar-refractivity contribution in [2.45, 2.75) is 65.1 Å². The van der Waals surface area contributed by atoms with E-state index < -0.39 is 11.6 Å². The first-order chi connectivity index (χ1) is 8.11. The lowest BCUT2D eigenvalue weighted by Gasteiger charge is -2.41. The van der Waals surface area contributed by atoms with Gasteiger partial charge in [-0.05, 0) is 47.5 Å². The first kappa shape index (κ1) is 14.8. The molecule has 0 radical (unpaired) electrons. The van der Waals surface area contributed by atoms with Gasteiger partial charge in [-0.3, -0.25) is 4.79 Å². The van der Waals surface area contributed by atoms with Crippen LogP contribution in [-0.4, -0.2) is 39.8 Å². The van der Waals surface area contributed by atoms with Crippen LogP contribution in [0.3, 0.4) is 0 Å². The van der Waals surface area contributed by atoms with E-state index >= 15 is 0 Å². The van der Waals surface area contributed by atoms with Crippen molar-refractivity contribution < 1.29 is 19.4 Å². The molecule has 1 aliphatic heterocycles. The van der Waals surface area contributed by atoms with Crippen LogP contribution in [0.2, 0.25) is 0 Å². The Balaban J connectivity index is 2.73. The Morgan fingerprint density at radius 1 is 1.17 bits per heavy atom. The van der Waals surface area contributed by atoms with Crippen LogP contribution >= 0.6 is 0 Å². The maximum absolute atomic E-state index is 12.1. The number of hydrogen-bond acceptors (Lipinski definition) is 3. The SMILES string of the molecule is CC1CC(C(=O)O)CC(C)N1C(=O)OC(C)(C)C. The molecule has 0 saturated carbocycles. The Kier molecular flexibility index (Phi) is 4.24. The second-order valence-electron chi connectivity index (χ2n) is 6.09. The zero-order chi connectivity index (χ0) is 14.1. The highest BCUT2D eigenvalue weighted by atomic mass is 16.6. The molecule has 1 rings (SSSR count). The van der Waals surface area contributed by atoms with Crippen LogP contribution in [0.15, 0.2) is 0 Å². The van der Waals surface area contributed by atoms with Crippen molar-refractivity contribution in [1.29, 1.82) is 0 Å². The highest BCUT2D eigenvalue weighted by Crippen LogP contribution is 2.29. The molecule has 1 amide bonds. The van der Waals surface area contributed by atoms with Gasteiger partial charge >= 0.3 is 12.1 Å². The molecule has 0 aliphatic carbocycles. The number of ether oxygens (including phenoxy) is 1. The van der Waals surface area contributed by atoms with Crippen molar-refractivity contribution in [2.75, 3.05) is 0 Å². The molecule has 18 heavy (non-hydrogen) atoms. The molecule has 0 aromatic rings. The van der Waals surface area contributed by atoms with E-state index in [1.807, 2.05) is 34.6 Å². The van der Waals surface area contributed by atoms with Crippen LogP contribution in [0, 0.1) is 5.92 Å². The van der Waals surface area contributed by atoms with Crippen molar-refractivity contribution in [3.63, 3.8) is 0 Å². The van der Waals surface area contributed by atoms with Gasteiger partial charge in [-0.25, -0.2) is 4.79 Å². The Labute approximate surface area is 108 Å². The average Bonchev–Trinajstić information content (AvgIpc) is 2.12. The summed E-state index contributed by atoms with van der Waals surface area (Å²) >= 11 is 0. The minimum atomic E-state index is -0.780. The van der Waals surface area contributed by atoms with Crippen molar-refractivity contribution in [3.8, 4) is 0 Å². The third-order valence-electron chi connectivity index (χ3n) is 3.15. The molecule has 0 aromatic carbocycles. The molecule has 104 valence electrons. The van der Waals surface area contributed by atoms with Gasteiger partial charge in [-0.2, -0.15) is 0 Å². The number of piperidine rings is 1. The van der Waals surface area contributed by atoms with Gasteiger partial charge in [0.1, 0.15) is 5.60 Å². The van der Waals surface area contributed by atoms with E-state index in [0.29, 0.717) is 12.8 Å². The number of amides is 1. The Bertz CT molecular complexity index is 322. The molecular formula is C13H23NO4. The van der Waals surface area contributed by atoms with Crippen LogP contribution < -0.4 is 0 Å². The quantitative estimate of drug-likeness (QED) is 0.783. The fourth-order valence-corrected chi connectivity index (χ4v) is 2.46. The van der Waals surface area contributed by atoms with Crippen molar-refractivity contribution in [3.05, 3.63) is 0 Å². The molecule has 5 heteroatoms. The largest absolute Gasteiger partial charge is 0.481 e. The second kappa shape index (κ2) is 5.16. The predicted molar refractivity (Wildman–Crippen MR) is 67.4 cm³/mol. The first-order valence-corrected chi connectivity index (χ1v) is 6.36. The summed E-state index contributed by atoms with van der Waals surface area (Å²) in [6, 6.07) is -0.214. The summed E-state index contributed by atoms with van der Waals surface area (Å²) in [7, 11) is 0. The van der Waals surface area contributed by atoms with Gasteiger partial charge in [-0.15, -0.1) is 0 Å². The third kappa shape index (κ3) is 3.62. The molecular weight excluding hydrogens is 234 g/mol. The second-order valence-corrected chi connectivity index (χ2v) is 6.09. The van der Waals surface area contributed by atoms with Crippen LogP contribution in [0.25, 0.3) is 0 Å². The van der Waals surface area contributed by atoms with Crippen molar-refractivity contribution in [1.82, 2.24) is 4.90 Å². The van der Waals surface area contributed by atoms with Gasteiger partial charge in [0.15, 0.2) is 0 Å². The zero-order valence-corrected chi connectivity index (χ0v) is 11.8. The lowest BCUT2D eigenvalue weighted by Crippen LogP contribution is -2.52. The van der Waals surface area contributed by atoms with Crippen molar-refractivity contribution in [2.24, 2.45) is 5.92 Å². The summed E-state index contributed by atoms with van der Waals surface area (Å²) in [6.45, 7) is 9.21. The predicted octanol–water partition coefficient (Wildman–Crippen LogP) is 2.50. The summed E-state index contributed by atoms with van der Waals surface area (Å²) in [6.07, 6.45) is 0.615. The number of carboxylic acids is 1. The molecule has 1 saturated heterocycles. The highest BCUT2D eigenvalue weighted by molar-refractivity contribution is 5.72. The van der Waals surface area contributed by atoms with E-state index in [1.54, 1.807) is 4.90 Å². The van der Waals surface area contributed by atoms with Crippen LogP contribution in [0.5, 0.6) is 0 Å². The molecule has 1 N–H and O–H groups in total. The van der Waals surface area contributed by atoms with Gasteiger partial charge in [0, 0.05) is 12.1 Å². The van der Waals surface area contributed by atoms with E-state index in [4.69, 9.17) is 9.84 Å². The fraction of sp³-hybridized carbons (Fsp3) is 0.846. The number of likely N-dealkylation sites (tertiary alicyclic amines) is 1. The smallest absolute Gasteiger partial charge is 0.410 e.